The molecule has 0 aromatic heterocycles. The lowest BCUT2D eigenvalue weighted by molar-refractivity contribution is -0.137. The molecular weight excluding hydrogens is 242 g/mol. The number of aliphatic carboxylic acids is 1. The summed E-state index contributed by atoms with van der Waals surface area (Å²) in [5.74, 6) is 0.116. The van der Waals surface area contributed by atoms with Crippen molar-refractivity contribution in [2.45, 2.75) is 32.1 Å². The number of rotatable bonds is 8. The van der Waals surface area contributed by atoms with Gasteiger partial charge in [0.2, 0.25) is 0 Å². The highest BCUT2D eigenvalue weighted by Gasteiger charge is 2.19. The van der Waals surface area contributed by atoms with Gasteiger partial charge >= 0.3 is 5.97 Å². The van der Waals surface area contributed by atoms with Gasteiger partial charge in [-0.1, -0.05) is 26.0 Å². The van der Waals surface area contributed by atoms with Crippen molar-refractivity contribution in [2.24, 2.45) is 0 Å². The van der Waals surface area contributed by atoms with E-state index in [1.54, 1.807) is 7.11 Å². The zero-order valence-corrected chi connectivity index (χ0v) is 11.9. The van der Waals surface area contributed by atoms with Crippen LogP contribution in [0.4, 0.5) is 0 Å². The monoisotopic (exact) mass is 265 g/mol. The zero-order chi connectivity index (χ0) is 14.3. The molecule has 4 heteroatoms. The highest BCUT2D eigenvalue weighted by atomic mass is 16.5. The summed E-state index contributed by atoms with van der Waals surface area (Å²) in [6, 6.07) is 8.05. The van der Waals surface area contributed by atoms with Gasteiger partial charge in [0.1, 0.15) is 5.75 Å². The Morgan fingerprint density at radius 2 is 1.95 bits per heavy atom. The van der Waals surface area contributed by atoms with Crippen LogP contribution in [0.25, 0.3) is 0 Å². The van der Waals surface area contributed by atoms with Crippen molar-refractivity contribution >= 4 is 5.97 Å². The quantitative estimate of drug-likeness (QED) is 0.709. The summed E-state index contributed by atoms with van der Waals surface area (Å²) in [6.07, 6.45) is 0.879. The third-order valence-corrected chi connectivity index (χ3v) is 3.18. The van der Waals surface area contributed by atoms with Crippen molar-refractivity contribution in [3.63, 3.8) is 0 Å². The van der Waals surface area contributed by atoms with Gasteiger partial charge in [0, 0.05) is 18.4 Å². The number of hydrogen-bond acceptors (Lipinski definition) is 3. The second kappa shape index (κ2) is 7.14. The topological polar surface area (TPSA) is 58.6 Å². The van der Waals surface area contributed by atoms with Crippen LogP contribution in [0.2, 0.25) is 0 Å². The Balaban J connectivity index is 2.43. The molecule has 0 aliphatic heterocycles. The maximum Gasteiger partial charge on any atom is 0.303 e. The molecule has 0 heterocycles. The van der Waals surface area contributed by atoms with E-state index < -0.39 is 5.97 Å². The Morgan fingerprint density at radius 1 is 1.32 bits per heavy atom. The molecule has 0 atom stereocenters. The SMILES string of the molecule is COc1ccc(C(C)(C)CNCCCC(=O)O)cc1. The van der Waals surface area contributed by atoms with Crippen molar-refractivity contribution in [3.05, 3.63) is 29.8 Å². The number of carboxylic acids is 1. The summed E-state index contributed by atoms with van der Waals surface area (Å²) < 4.78 is 5.15. The van der Waals surface area contributed by atoms with Crippen molar-refractivity contribution in [1.82, 2.24) is 5.32 Å². The van der Waals surface area contributed by atoms with Gasteiger partial charge in [0.05, 0.1) is 7.11 Å². The lowest BCUT2D eigenvalue weighted by Crippen LogP contribution is -2.33. The van der Waals surface area contributed by atoms with Gasteiger partial charge in [-0.2, -0.15) is 0 Å². The summed E-state index contributed by atoms with van der Waals surface area (Å²) in [7, 11) is 1.66. The average molecular weight is 265 g/mol. The van der Waals surface area contributed by atoms with Crippen molar-refractivity contribution in [1.29, 1.82) is 0 Å². The summed E-state index contributed by atoms with van der Waals surface area (Å²) in [5.41, 5.74) is 1.24. The first-order valence-corrected chi connectivity index (χ1v) is 6.53. The number of benzene rings is 1. The van der Waals surface area contributed by atoms with Gasteiger partial charge in [-0.3, -0.25) is 4.79 Å². The van der Waals surface area contributed by atoms with Crippen LogP contribution in [0.5, 0.6) is 5.75 Å². The molecule has 1 aromatic carbocycles. The first kappa shape index (κ1) is 15.5. The van der Waals surface area contributed by atoms with Crippen LogP contribution >= 0.6 is 0 Å². The average Bonchev–Trinajstić information content (AvgIpc) is 2.38. The molecule has 0 spiro atoms. The number of carboxylic acid groups (broad SMARTS) is 1. The molecule has 4 nitrogen and oxygen atoms in total. The number of methoxy groups -OCH3 is 1. The van der Waals surface area contributed by atoms with E-state index in [1.807, 2.05) is 12.1 Å². The molecule has 106 valence electrons. The molecule has 0 aliphatic rings. The van der Waals surface area contributed by atoms with E-state index in [1.165, 1.54) is 5.56 Å². The molecule has 19 heavy (non-hydrogen) atoms. The second-order valence-corrected chi connectivity index (χ2v) is 5.29. The van der Waals surface area contributed by atoms with E-state index >= 15 is 0 Å². The van der Waals surface area contributed by atoms with E-state index in [0.717, 1.165) is 18.8 Å². The van der Waals surface area contributed by atoms with Crippen molar-refractivity contribution in [2.75, 3.05) is 20.2 Å². The molecule has 1 rings (SSSR count). The van der Waals surface area contributed by atoms with E-state index in [4.69, 9.17) is 9.84 Å². The minimum Gasteiger partial charge on any atom is -0.497 e. The molecule has 0 unspecified atom stereocenters. The second-order valence-electron chi connectivity index (χ2n) is 5.29. The number of ether oxygens (including phenoxy) is 1. The van der Waals surface area contributed by atoms with Crippen LogP contribution in [0.1, 0.15) is 32.3 Å². The molecule has 0 bridgehead atoms. The Kier molecular flexibility index (Phi) is 5.83. The van der Waals surface area contributed by atoms with Gasteiger partial charge in [-0.25, -0.2) is 0 Å². The van der Waals surface area contributed by atoms with Crippen molar-refractivity contribution in [3.8, 4) is 5.75 Å². The molecule has 0 saturated heterocycles. The predicted molar refractivity (Wildman–Crippen MR) is 75.8 cm³/mol. The fourth-order valence-electron chi connectivity index (χ4n) is 1.91. The summed E-state index contributed by atoms with van der Waals surface area (Å²) >= 11 is 0. The lowest BCUT2D eigenvalue weighted by Gasteiger charge is -2.26. The third-order valence-electron chi connectivity index (χ3n) is 3.18. The minimum absolute atomic E-state index is 0.00942. The van der Waals surface area contributed by atoms with Crippen LogP contribution in [-0.4, -0.2) is 31.3 Å². The summed E-state index contributed by atoms with van der Waals surface area (Å²) in [5, 5.41) is 11.9. The van der Waals surface area contributed by atoms with Gasteiger partial charge in [-0.05, 0) is 30.7 Å². The zero-order valence-electron chi connectivity index (χ0n) is 11.9. The smallest absolute Gasteiger partial charge is 0.303 e. The molecular formula is C15H23NO3. The molecule has 0 aliphatic carbocycles. The lowest BCUT2D eigenvalue weighted by atomic mass is 9.84. The standard InChI is InChI=1S/C15H23NO3/c1-15(2,11-16-10-4-5-14(17)18)12-6-8-13(19-3)9-7-12/h6-9,16H,4-5,10-11H2,1-3H3,(H,17,18). The van der Waals surface area contributed by atoms with Gasteiger partial charge in [-0.15, -0.1) is 0 Å². The Morgan fingerprint density at radius 3 is 2.47 bits per heavy atom. The van der Waals surface area contributed by atoms with Crippen LogP contribution < -0.4 is 10.1 Å². The number of carbonyl (C=O) groups is 1. The Hall–Kier alpha value is -1.55. The molecule has 0 amide bonds. The third kappa shape index (κ3) is 5.30. The first-order chi connectivity index (χ1) is 8.95. The molecule has 1 aromatic rings. The van der Waals surface area contributed by atoms with Crippen molar-refractivity contribution < 1.29 is 14.6 Å². The normalized spacial score (nSPS) is 11.3. The molecule has 0 fully saturated rings. The first-order valence-electron chi connectivity index (χ1n) is 6.53. The van der Waals surface area contributed by atoms with Gasteiger partial charge in [0.15, 0.2) is 0 Å². The highest BCUT2D eigenvalue weighted by Crippen LogP contribution is 2.24. The largest absolute Gasteiger partial charge is 0.497 e. The van der Waals surface area contributed by atoms with Gasteiger partial charge < -0.3 is 15.2 Å². The van der Waals surface area contributed by atoms with Crippen LogP contribution in [0.3, 0.4) is 0 Å². The molecule has 0 saturated carbocycles. The van der Waals surface area contributed by atoms with E-state index in [-0.39, 0.29) is 11.8 Å². The van der Waals surface area contributed by atoms with E-state index in [2.05, 4.69) is 31.3 Å². The number of hydrogen-bond donors (Lipinski definition) is 2. The van der Waals surface area contributed by atoms with E-state index in [9.17, 15) is 4.79 Å². The van der Waals surface area contributed by atoms with Crippen LogP contribution in [-0.2, 0) is 10.2 Å². The predicted octanol–water partition coefficient (Wildman–Crippen LogP) is 2.43. The fourth-order valence-corrected chi connectivity index (χ4v) is 1.91. The van der Waals surface area contributed by atoms with Crippen LogP contribution in [0.15, 0.2) is 24.3 Å². The maximum atomic E-state index is 10.4. The Labute approximate surface area is 114 Å². The Bertz CT molecular complexity index is 398. The maximum absolute atomic E-state index is 10.4. The van der Waals surface area contributed by atoms with E-state index in [0.29, 0.717) is 6.42 Å². The highest BCUT2D eigenvalue weighted by molar-refractivity contribution is 5.66. The summed E-state index contributed by atoms with van der Waals surface area (Å²) in [6.45, 7) is 5.88. The molecule has 2 N–H and O–H groups in total. The summed E-state index contributed by atoms with van der Waals surface area (Å²) in [4.78, 5) is 10.4. The number of nitrogens with one attached hydrogen (secondary N) is 1. The minimum atomic E-state index is -0.740. The van der Waals surface area contributed by atoms with Crippen LogP contribution in [0, 0.1) is 0 Å². The molecule has 0 radical (unpaired) electrons. The fraction of sp³-hybridized carbons (Fsp3) is 0.533. The van der Waals surface area contributed by atoms with Gasteiger partial charge in [0.25, 0.3) is 0 Å².